The quantitative estimate of drug-likeness (QED) is 0.826. The Bertz CT molecular complexity index is 792. The van der Waals surface area contributed by atoms with Crippen LogP contribution in [0, 0.1) is 0 Å². The monoisotopic (exact) mass is 315 g/mol. The summed E-state index contributed by atoms with van der Waals surface area (Å²) in [4.78, 5) is 22.1. The smallest absolute Gasteiger partial charge is 0.328 e. The van der Waals surface area contributed by atoms with Gasteiger partial charge in [-0.3, -0.25) is 4.79 Å². The molecule has 1 heterocycles. The molecule has 2 rings (SSSR count). The number of carbonyl (C=O) groups is 1. The van der Waals surface area contributed by atoms with E-state index in [0.717, 1.165) is 11.6 Å². The van der Waals surface area contributed by atoms with Gasteiger partial charge in [-0.1, -0.05) is 6.07 Å². The average molecular weight is 315 g/mol. The molecule has 1 aromatic carbocycles. The Morgan fingerprint density at radius 1 is 1.26 bits per heavy atom. The Hall–Kier alpha value is -3.02. The number of carboxylic acid groups (broad SMARTS) is 1. The molecule has 0 unspecified atom stereocenters. The third-order valence-electron chi connectivity index (χ3n) is 3.17. The Kier molecular flexibility index (Phi) is 5.19. The second kappa shape index (κ2) is 7.31. The number of methoxy groups -OCH3 is 1. The van der Waals surface area contributed by atoms with Gasteiger partial charge in [0.1, 0.15) is 6.61 Å². The van der Waals surface area contributed by atoms with E-state index >= 15 is 0 Å². The standard InChI is InChI=1S/C17H17NO5/c1-18-8-7-13(10-16(18)19)11-23-14-5-3-12(4-6-17(20)21)9-15(14)22-2/h3-10H,11H2,1-2H3,(H,20,21)/b6-4-. The van der Waals surface area contributed by atoms with E-state index < -0.39 is 5.97 Å². The zero-order valence-electron chi connectivity index (χ0n) is 12.9. The van der Waals surface area contributed by atoms with Crippen molar-refractivity contribution in [1.82, 2.24) is 4.57 Å². The molecule has 0 bridgehead atoms. The molecular formula is C17H17NO5. The minimum atomic E-state index is -1.02. The summed E-state index contributed by atoms with van der Waals surface area (Å²) in [6.45, 7) is 0.233. The highest BCUT2D eigenvalue weighted by molar-refractivity contribution is 5.85. The minimum Gasteiger partial charge on any atom is -0.493 e. The van der Waals surface area contributed by atoms with E-state index in [1.807, 2.05) is 0 Å². The van der Waals surface area contributed by atoms with Gasteiger partial charge in [-0.2, -0.15) is 0 Å². The van der Waals surface area contributed by atoms with Crippen LogP contribution < -0.4 is 15.0 Å². The summed E-state index contributed by atoms with van der Waals surface area (Å²) < 4.78 is 12.4. The van der Waals surface area contributed by atoms with Gasteiger partial charge in [0.15, 0.2) is 11.5 Å². The average Bonchev–Trinajstić information content (AvgIpc) is 2.54. The fourth-order valence-electron chi connectivity index (χ4n) is 1.91. The highest BCUT2D eigenvalue weighted by Gasteiger charge is 2.06. The molecule has 23 heavy (non-hydrogen) atoms. The maximum atomic E-state index is 11.6. The summed E-state index contributed by atoms with van der Waals surface area (Å²) in [6, 6.07) is 8.41. The van der Waals surface area contributed by atoms with Crippen LogP contribution in [0.25, 0.3) is 6.08 Å². The molecule has 0 aliphatic carbocycles. The van der Waals surface area contributed by atoms with Crippen LogP contribution >= 0.6 is 0 Å². The van der Waals surface area contributed by atoms with Crippen molar-refractivity contribution >= 4 is 12.0 Å². The summed E-state index contributed by atoms with van der Waals surface area (Å²) in [6.07, 6.45) is 4.20. The largest absolute Gasteiger partial charge is 0.493 e. The van der Waals surface area contributed by atoms with Gasteiger partial charge in [-0.05, 0) is 35.4 Å². The lowest BCUT2D eigenvalue weighted by Gasteiger charge is -2.11. The third-order valence-corrected chi connectivity index (χ3v) is 3.17. The molecule has 0 saturated carbocycles. The molecule has 0 aliphatic heterocycles. The second-order valence-electron chi connectivity index (χ2n) is 4.85. The summed E-state index contributed by atoms with van der Waals surface area (Å²) in [5.41, 5.74) is 1.34. The molecule has 6 nitrogen and oxygen atoms in total. The fourth-order valence-corrected chi connectivity index (χ4v) is 1.91. The molecule has 0 spiro atoms. The van der Waals surface area contributed by atoms with Crippen LogP contribution in [0.1, 0.15) is 11.1 Å². The lowest BCUT2D eigenvalue weighted by molar-refractivity contribution is -0.131. The number of hydrogen-bond donors (Lipinski definition) is 1. The zero-order valence-corrected chi connectivity index (χ0v) is 12.9. The topological polar surface area (TPSA) is 77.8 Å². The van der Waals surface area contributed by atoms with Crippen molar-refractivity contribution in [1.29, 1.82) is 0 Å². The Morgan fingerprint density at radius 2 is 2.04 bits per heavy atom. The summed E-state index contributed by atoms with van der Waals surface area (Å²) >= 11 is 0. The second-order valence-corrected chi connectivity index (χ2v) is 4.85. The number of aryl methyl sites for hydroxylation is 1. The molecule has 0 fully saturated rings. The number of nitrogens with zero attached hydrogens (tertiary/aromatic N) is 1. The number of aromatic nitrogens is 1. The number of hydrogen-bond acceptors (Lipinski definition) is 4. The van der Waals surface area contributed by atoms with Gasteiger partial charge in [0.25, 0.3) is 5.56 Å². The lowest BCUT2D eigenvalue weighted by atomic mass is 10.2. The summed E-state index contributed by atoms with van der Waals surface area (Å²) in [5.74, 6) is -0.0167. The van der Waals surface area contributed by atoms with Crippen LogP contribution in [0.15, 0.2) is 47.4 Å². The first-order chi connectivity index (χ1) is 11.0. The van der Waals surface area contributed by atoms with Crippen LogP contribution in [-0.4, -0.2) is 22.8 Å². The molecule has 1 N–H and O–H groups in total. The van der Waals surface area contributed by atoms with Gasteiger partial charge in [0, 0.05) is 25.4 Å². The Balaban J connectivity index is 2.14. The highest BCUT2D eigenvalue weighted by Crippen LogP contribution is 2.29. The number of ether oxygens (including phenoxy) is 2. The van der Waals surface area contributed by atoms with Crippen LogP contribution in [0.2, 0.25) is 0 Å². The van der Waals surface area contributed by atoms with Crippen molar-refractivity contribution in [3.8, 4) is 11.5 Å². The number of aliphatic carboxylic acids is 1. The van der Waals surface area contributed by atoms with Crippen LogP contribution in [0.3, 0.4) is 0 Å². The van der Waals surface area contributed by atoms with Gasteiger partial charge in [-0.25, -0.2) is 4.79 Å². The molecule has 1 aromatic heterocycles. The number of rotatable bonds is 6. The van der Waals surface area contributed by atoms with E-state index in [1.54, 1.807) is 37.5 Å². The highest BCUT2D eigenvalue weighted by atomic mass is 16.5. The van der Waals surface area contributed by atoms with Crippen LogP contribution in [0.4, 0.5) is 0 Å². The molecule has 0 aliphatic rings. The molecule has 0 amide bonds. The van der Waals surface area contributed by atoms with Crippen molar-refractivity contribution < 1.29 is 19.4 Å². The van der Waals surface area contributed by atoms with Gasteiger partial charge in [0.2, 0.25) is 0 Å². The molecule has 120 valence electrons. The number of pyridine rings is 1. The van der Waals surface area contributed by atoms with Crippen molar-refractivity contribution in [2.75, 3.05) is 7.11 Å². The molecule has 0 radical (unpaired) electrons. The Morgan fingerprint density at radius 3 is 2.70 bits per heavy atom. The third kappa shape index (κ3) is 4.47. The molecule has 2 aromatic rings. The maximum Gasteiger partial charge on any atom is 0.328 e. The van der Waals surface area contributed by atoms with Gasteiger partial charge >= 0.3 is 5.97 Å². The minimum absolute atomic E-state index is 0.104. The predicted molar refractivity (Wildman–Crippen MR) is 85.7 cm³/mol. The Labute approximate surface area is 133 Å². The van der Waals surface area contributed by atoms with E-state index in [9.17, 15) is 9.59 Å². The van der Waals surface area contributed by atoms with Gasteiger partial charge in [0.05, 0.1) is 7.11 Å². The van der Waals surface area contributed by atoms with Gasteiger partial charge in [-0.15, -0.1) is 0 Å². The molecule has 0 atom stereocenters. The van der Waals surface area contributed by atoms with Crippen molar-refractivity contribution in [2.45, 2.75) is 6.61 Å². The fraction of sp³-hybridized carbons (Fsp3) is 0.176. The van der Waals surface area contributed by atoms with E-state index in [0.29, 0.717) is 17.1 Å². The summed E-state index contributed by atoms with van der Waals surface area (Å²) in [5, 5.41) is 8.64. The molecule has 0 saturated heterocycles. The SMILES string of the molecule is COc1cc(/C=C\C(=O)O)ccc1OCc1ccn(C)c(=O)c1. The van der Waals surface area contributed by atoms with Crippen molar-refractivity contribution in [3.63, 3.8) is 0 Å². The first kappa shape index (κ1) is 16.4. The molecular weight excluding hydrogens is 298 g/mol. The first-order valence-corrected chi connectivity index (χ1v) is 6.87. The van der Waals surface area contributed by atoms with E-state index in [4.69, 9.17) is 14.6 Å². The normalized spacial score (nSPS) is 10.7. The van der Waals surface area contributed by atoms with E-state index in [-0.39, 0.29) is 12.2 Å². The van der Waals surface area contributed by atoms with E-state index in [2.05, 4.69) is 0 Å². The van der Waals surface area contributed by atoms with Crippen molar-refractivity contribution in [2.24, 2.45) is 7.05 Å². The zero-order chi connectivity index (χ0) is 16.8. The number of benzene rings is 1. The maximum absolute atomic E-state index is 11.6. The predicted octanol–water partition coefficient (Wildman–Crippen LogP) is 2.07. The number of carboxylic acids is 1. The summed E-state index contributed by atoms with van der Waals surface area (Å²) in [7, 11) is 3.19. The van der Waals surface area contributed by atoms with Gasteiger partial charge < -0.3 is 19.1 Å². The lowest BCUT2D eigenvalue weighted by Crippen LogP contribution is -2.15. The van der Waals surface area contributed by atoms with E-state index in [1.165, 1.54) is 23.8 Å². The van der Waals surface area contributed by atoms with Crippen LogP contribution in [0.5, 0.6) is 11.5 Å². The van der Waals surface area contributed by atoms with Crippen molar-refractivity contribution in [3.05, 3.63) is 64.1 Å². The first-order valence-electron chi connectivity index (χ1n) is 6.87. The van der Waals surface area contributed by atoms with Crippen LogP contribution in [-0.2, 0) is 18.4 Å². The molecule has 6 heteroatoms.